The quantitative estimate of drug-likeness (QED) is 0.911. The molecule has 4 nitrogen and oxygen atoms in total. The molecular formula is C16H20F3N3O. The van der Waals surface area contributed by atoms with Crippen LogP contribution in [0, 0.1) is 12.8 Å². The zero-order valence-corrected chi connectivity index (χ0v) is 13.0. The number of nitrogens with zero attached hydrogens (tertiary/aromatic N) is 2. The number of rotatable bonds is 3. The predicted octanol–water partition coefficient (Wildman–Crippen LogP) is 3.09. The van der Waals surface area contributed by atoms with Gasteiger partial charge in [0.15, 0.2) is 0 Å². The van der Waals surface area contributed by atoms with Crippen LogP contribution in [0.4, 0.5) is 13.2 Å². The summed E-state index contributed by atoms with van der Waals surface area (Å²) in [7, 11) is 0. The van der Waals surface area contributed by atoms with Crippen molar-refractivity contribution in [3.05, 3.63) is 29.1 Å². The van der Waals surface area contributed by atoms with Crippen molar-refractivity contribution in [3.8, 4) is 0 Å². The number of piperidine rings is 1. The molecule has 3 heterocycles. The molecule has 126 valence electrons. The molecule has 1 saturated heterocycles. The molecule has 0 spiro atoms. The van der Waals surface area contributed by atoms with Gasteiger partial charge in [0.25, 0.3) is 0 Å². The lowest BCUT2D eigenvalue weighted by molar-refractivity contribution is -0.141. The Balaban J connectivity index is 1.99. The molecule has 2 aromatic heterocycles. The number of nitrogens with one attached hydrogen (secondary N) is 1. The SMILES string of the molecule is Cc1cnc2[nH]c(C(F)(F)F)c(CN3CCC[C@H](CO)C3)c2c1. The highest BCUT2D eigenvalue weighted by Gasteiger charge is 2.37. The van der Waals surface area contributed by atoms with Crippen molar-refractivity contribution in [1.29, 1.82) is 0 Å². The number of fused-ring (bicyclic) bond motifs is 1. The lowest BCUT2D eigenvalue weighted by Crippen LogP contribution is -2.36. The Bertz CT molecular complexity index is 696. The van der Waals surface area contributed by atoms with E-state index in [0.29, 0.717) is 11.9 Å². The van der Waals surface area contributed by atoms with Crippen LogP contribution in [0.25, 0.3) is 11.0 Å². The molecule has 0 aliphatic carbocycles. The van der Waals surface area contributed by atoms with E-state index < -0.39 is 11.9 Å². The lowest BCUT2D eigenvalue weighted by atomic mass is 9.98. The number of aryl methyl sites for hydroxylation is 1. The van der Waals surface area contributed by atoms with E-state index in [1.165, 1.54) is 0 Å². The van der Waals surface area contributed by atoms with Crippen LogP contribution < -0.4 is 0 Å². The number of aromatic amines is 1. The zero-order chi connectivity index (χ0) is 16.6. The Labute approximate surface area is 132 Å². The van der Waals surface area contributed by atoms with Crippen LogP contribution in [0.2, 0.25) is 0 Å². The van der Waals surface area contributed by atoms with E-state index in [9.17, 15) is 18.3 Å². The Hall–Kier alpha value is -1.60. The van der Waals surface area contributed by atoms with E-state index in [0.717, 1.165) is 24.9 Å². The summed E-state index contributed by atoms with van der Waals surface area (Å²) in [6, 6.07) is 1.75. The summed E-state index contributed by atoms with van der Waals surface area (Å²) in [6.07, 6.45) is -1.05. The van der Waals surface area contributed by atoms with E-state index in [4.69, 9.17) is 0 Å². The highest BCUT2D eigenvalue weighted by Crippen LogP contribution is 2.36. The van der Waals surface area contributed by atoms with Crippen molar-refractivity contribution in [3.63, 3.8) is 0 Å². The van der Waals surface area contributed by atoms with Gasteiger partial charge in [-0.3, -0.25) is 4.90 Å². The normalized spacial score (nSPS) is 20.3. The summed E-state index contributed by atoms with van der Waals surface area (Å²) in [4.78, 5) is 8.51. The van der Waals surface area contributed by atoms with Gasteiger partial charge in [-0.2, -0.15) is 13.2 Å². The zero-order valence-electron chi connectivity index (χ0n) is 13.0. The maximum atomic E-state index is 13.4. The van der Waals surface area contributed by atoms with Crippen LogP contribution in [0.15, 0.2) is 12.3 Å². The average Bonchev–Trinajstić information content (AvgIpc) is 2.86. The van der Waals surface area contributed by atoms with E-state index in [1.54, 1.807) is 12.3 Å². The lowest BCUT2D eigenvalue weighted by Gasteiger charge is -2.32. The average molecular weight is 327 g/mol. The van der Waals surface area contributed by atoms with Crippen LogP contribution in [0.5, 0.6) is 0 Å². The van der Waals surface area contributed by atoms with Gasteiger partial charge < -0.3 is 10.1 Å². The molecule has 1 aliphatic rings. The van der Waals surface area contributed by atoms with E-state index in [2.05, 4.69) is 9.97 Å². The molecule has 0 amide bonds. The smallest absolute Gasteiger partial charge is 0.396 e. The van der Waals surface area contributed by atoms with Crippen LogP contribution in [0.3, 0.4) is 0 Å². The Morgan fingerprint density at radius 1 is 1.43 bits per heavy atom. The molecule has 1 fully saturated rings. The maximum absolute atomic E-state index is 13.4. The molecule has 0 aromatic carbocycles. The molecule has 0 saturated carbocycles. The van der Waals surface area contributed by atoms with Gasteiger partial charge in [-0.15, -0.1) is 0 Å². The third kappa shape index (κ3) is 3.35. The van der Waals surface area contributed by atoms with Crippen LogP contribution in [-0.2, 0) is 12.7 Å². The fourth-order valence-corrected chi connectivity index (χ4v) is 3.30. The minimum atomic E-state index is -4.43. The largest absolute Gasteiger partial charge is 0.431 e. The van der Waals surface area contributed by atoms with Gasteiger partial charge in [0.2, 0.25) is 0 Å². The van der Waals surface area contributed by atoms with Gasteiger partial charge in [0, 0.05) is 36.8 Å². The monoisotopic (exact) mass is 327 g/mol. The third-order valence-corrected chi connectivity index (χ3v) is 4.42. The first-order chi connectivity index (χ1) is 10.9. The van der Waals surface area contributed by atoms with Crippen molar-refractivity contribution in [2.24, 2.45) is 5.92 Å². The molecule has 1 atom stereocenters. The number of likely N-dealkylation sites (tertiary alicyclic amines) is 1. The second-order valence-electron chi connectivity index (χ2n) is 6.31. The number of hydrogen-bond donors (Lipinski definition) is 2. The van der Waals surface area contributed by atoms with Crippen molar-refractivity contribution in [2.75, 3.05) is 19.7 Å². The Morgan fingerprint density at radius 2 is 2.22 bits per heavy atom. The molecule has 2 aromatic rings. The molecule has 2 N–H and O–H groups in total. The summed E-state index contributed by atoms with van der Waals surface area (Å²) in [5.74, 6) is 0.142. The number of aliphatic hydroxyl groups excluding tert-OH is 1. The predicted molar refractivity (Wildman–Crippen MR) is 80.9 cm³/mol. The van der Waals surface area contributed by atoms with Gasteiger partial charge in [0.1, 0.15) is 11.3 Å². The van der Waals surface area contributed by atoms with E-state index in [-0.39, 0.29) is 30.3 Å². The van der Waals surface area contributed by atoms with Gasteiger partial charge in [-0.1, -0.05) is 0 Å². The van der Waals surface area contributed by atoms with E-state index in [1.807, 2.05) is 11.8 Å². The first kappa shape index (κ1) is 16.3. The molecule has 3 rings (SSSR count). The van der Waals surface area contributed by atoms with Crippen molar-refractivity contribution >= 4 is 11.0 Å². The molecule has 0 radical (unpaired) electrons. The van der Waals surface area contributed by atoms with Crippen molar-refractivity contribution in [2.45, 2.75) is 32.5 Å². The number of aliphatic hydroxyl groups is 1. The van der Waals surface area contributed by atoms with Crippen molar-refractivity contribution < 1.29 is 18.3 Å². The summed E-state index contributed by atoms with van der Waals surface area (Å²) in [5, 5.41) is 9.84. The highest BCUT2D eigenvalue weighted by atomic mass is 19.4. The van der Waals surface area contributed by atoms with Gasteiger partial charge in [0.05, 0.1) is 0 Å². The van der Waals surface area contributed by atoms with Crippen molar-refractivity contribution in [1.82, 2.24) is 14.9 Å². The summed E-state index contributed by atoms with van der Waals surface area (Å²) >= 11 is 0. The van der Waals surface area contributed by atoms with Gasteiger partial charge >= 0.3 is 6.18 Å². The standard InChI is InChI=1S/C16H20F3N3O/c1-10-5-12-13(8-22-4-2-3-11(7-22)9-23)14(16(17,18)19)21-15(12)20-6-10/h5-6,11,23H,2-4,7-9H2,1H3,(H,20,21)/t11-/m0/s1. The molecule has 1 aliphatic heterocycles. The Kier molecular flexibility index (Phi) is 4.33. The topological polar surface area (TPSA) is 52.2 Å². The number of H-pyrrole nitrogens is 1. The second kappa shape index (κ2) is 6.13. The number of pyridine rings is 1. The van der Waals surface area contributed by atoms with E-state index >= 15 is 0 Å². The molecule has 0 unspecified atom stereocenters. The fourth-order valence-electron chi connectivity index (χ4n) is 3.30. The second-order valence-corrected chi connectivity index (χ2v) is 6.31. The summed E-state index contributed by atoms with van der Waals surface area (Å²) < 4.78 is 40.1. The van der Waals surface area contributed by atoms with Gasteiger partial charge in [-0.05, 0) is 43.9 Å². The molecule has 7 heteroatoms. The first-order valence-corrected chi connectivity index (χ1v) is 7.76. The summed E-state index contributed by atoms with van der Waals surface area (Å²) in [6.45, 7) is 3.49. The fraction of sp³-hybridized carbons (Fsp3) is 0.562. The number of hydrogen-bond acceptors (Lipinski definition) is 3. The highest BCUT2D eigenvalue weighted by molar-refractivity contribution is 5.82. The molecule has 0 bridgehead atoms. The number of alkyl halides is 3. The minimum Gasteiger partial charge on any atom is -0.396 e. The number of aromatic nitrogens is 2. The molecular weight excluding hydrogens is 307 g/mol. The Morgan fingerprint density at radius 3 is 2.91 bits per heavy atom. The van der Waals surface area contributed by atoms with Crippen LogP contribution in [-0.4, -0.2) is 39.7 Å². The summed E-state index contributed by atoms with van der Waals surface area (Å²) in [5.41, 5.74) is 0.644. The maximum Gasteiger partial charge on any atom is 0.431 e. The first-order valence-electron chi connectivity index (χ1n) is 7.76. The van der Waals surface area contributed by atoms with Crippen LogP contribution >= 0.6 is 0 Å². The minimum absolute atomic E-state index is 0.0805. The van der Waals surface area contributed by atoms with Crippen LogP contribution in [0.1, 0.15) is 29.7 Å². The number of halogens is 3. The van der Waals surface area contributed by atoms with Gasteiger partial charge in [-0.25, -0.2) is 4.98 Å². The molecule has 23 heavy (non-hydrogen) atoms. The third-order valence-electron chi connectivity index (χ3n) is 4.42.